The summed E-state index contributed by atoms with van der Waals surface area (Å²) in [6, 6.07) is 0.941. The van der Waals surface area contributed by atoms with Gasteiger partial charge < -0.3 is 5.32 Å². The Labute approximate surface area is 98.7 Å². The zero-order chi connectivity index (χ0) is 11.6. The molecule has 0 aliphatic heterocycles. The molecular formula is C9H7BrClF2NO. The SMILES string of the molecule is CC(=O)Nc1c(Br)cc(F)c(F)c1CCl. The lowest BCUT2D eigenvalue weighted by molar-refractivity contribution is -0.114. The van der Waals surface area contributed by atoms with Gasteiger partial charge in [-0.15, -0.1) is 11.6 Å². The Balaban J connectivity index is 3.35. The summed E-state index contributed by atoms with van der Waals surface area (Å²) in [5.41, 5.74) is 0.0927. The van der Waals surface area contributed by atoms with Crippen LogP contribution in [-0.2, 0) is 10.7 Å². The molecule has 0 fully saturated rings. The molecule has 0 aromatic heterocycles. The van der Waals surface area contributed by atoms with Crippen molar-refractivity contribution in [3.63, 3.8) is 0 Å². The van der Waals surface area contributed by atoms with Gasteiger partial charge in [0.1, 0.15) is 0 Å². The van der Waals surface area contributed by atoms with E-state index in [0.717, 1.165) is 6.07 Å². The molecule has 1 aromatic carbocycles. The van der Waals surface area contributed by atoms with E-state index in [0.29, 0.717) is 0 Å². The van der Waals surface area contributed by atoms with Crippen molar-refractivity contribution in [1.29, 1.82) is 0 Å². The van der Waals surface area contributed by atoms with Crippen molar-refractivity contribution >= 4 is 39.1 Å². The number of carbonyl (C=O) groups excluding carboxylic acids is 1. The van der Waals surface area contributed by atoms with Gasteiger partial charge in [-0.05, 0) is 22.0 Å². The van der Waals surface area contributed by atoms with Gasteiger partial charge in [0.05, 0.1) is 11.6 Å². The predicted molar refractivity (Wildman–Crippen MR) is 57.9 cm³/mol. The highest BCUT2D eigenvalue weighted by atomic mass is 79.9. The lowest BCUT2D eigenvalue weighted by Crippen LogP contribution is -2.10. The summed E-state index contributed by atoms with van der Waals surface area (Å²) in [5.74, 6) is -2.66. The molecule has 0 unspecified atom stereocenters. The topological polar surface area (TPSA) is 29.1 Å². The Morgan fingerprint density at radius 1 is 1.60 bits per heavy atom. The molecule has 1 amide bonds. The molecular weight excluding hydrogens is 291 g/mol. The third-order valence-electron chi connectivity index (χ3n) is 1.70. The third-order valence-corrected chi connectivity index (χ3v) is 2.60. The van der Waals surface area contributed by atoms with Gasteiger partial charge in [0.15, 0.2) is 11.6 Å². The maximum atomic E-state index is 13.3. The fraction of sp³-hybridized carbons (Fsp3) is 0.222. The second kappa shape index (κ2) is 4.90. The number of benzene rings is 1. The van der Waals surface area contributed by atoms with Crippen LogP contribution in [0.1, 0.15) is 12.5 Å². The Morgan fingerprint density at radius 2 is 2.20 bits per heavy atom. The molecule has 1 aromatic rings. The molecule has 0 bridgehead atoms. The molecule has 1 N–H and O–H groups in total. The number of halogens is 4. The predicted octanol–water partition coefficient (Wildman–Crippen LogP) is 3.42. The van der Waals surface area contributed by atoms with Crippen LogP contribution in [0.2, 0.25) is 0 Å². The van der Waals surface area contributed by atoms with Gasteiger partial charge in [-0.25, -0.2) is 8.78 Å². The number of alkyl halides is 1. The van der Waals surface area contributed by atoms with E-state index in [1.54, 1.807) is 0 Å². The van der Waals surface area contributed by atoms with Crippen molar-refractivity contribution in [2.45, 2.75) is 12.8 Å². The maximum absolute atomic E-state index is 13.3. The van der Waals surface area contributed by atoms with Crippen molar-refractivity contribution < 1.29 is 13.6 Å². The van der Waals surface area contributed by atoms with Crippen molar-refractivity contribution in [2.75, 3.05) is 5.32 Å². The summed E-state index contributed by atoms with van der Waals surface area (Å²) in [6.45, 7) is 1.27. The van der Waals surface area contributed by atoms with E-state index in [-0.39, 0.29) is 27.5 Å². The van der Waals surface area contributed by atoms with Gasteiger partial charge in [-0.2, -0.15) is 0 Å². The molecule has 0 saturated carbocycles. The lowest BCUT2D eigenvalue weighted by atomic mass is 10.2. The average molecular weight is 299 g/mol. The second-order valence-corrected chi connectivity index (χ2v) is 3.94. The van der Waals surface area contributed by atoms with E-state index in [1.165, 1.54) is 6.92 Å². The van der Waals surface area contributed by atoms with Crippen molar-refractivity contribution in [3.8, 4) is 0 Å². The lowest BCUT2D eigenvalue weighted by Gasteiger charge is -2.11. The van der Waals surface area contributed by atoms with Crippen LogP contribution in [0.3, 0.4) is 0 Å². The van der Waals surface area contributed by atoms with Gasteiger partial charge >= 0.3 is 0 Å². The van der Waals surface area contributed by atoms with Gasteiger partial charge in [-0.3, -0.25) is 4.79 Å². The summed E-state index contributed by atoms with van der Waals surface area (Å²) >= 11 is 8.51. The van der Waals surface area contributed by atoms with Gasteiger partial charge in [-0.1, -0.05) is 0 Å². The van der Waals surface area contributed by atoms with Crippen LogP contribution in [0.25, 0.3) is 0 Å². The molecule has 15 heavy (non-hydrogen) atoms. The van der Waals surface area contributed by atoms with Crippen LogP contribution in [0, 0.1) is 11.6 Å². The minimum atomic E-state index is -1.04. The average Bonchev–Trinajstić information content (AvgIpc) is 2.14. The van der Waals surface area contributed by atoms with E-state index < -0.39 is 11.6 Å². The first kappa shape index (κ1) is 12.4. The molecule has 0 radical (unpaired) electrons. The molecule has 82 valence electrons. The molecule has 0 aliphatic rings. The van der Waals surface area contributed by atoms with Crippen LogP contribution < -0.4 is 5.32 Å². The van der Waals surface area contributed by atoms with Crippen LogP contribution in [0.5, 0.6) is 0 Å². The molecule has 6 heteroatoms. The number of amides is 1. The van der Waals surface area contributed by atoms with E-state index in [9.17, 15) is 13.6 Å². The van der Waals surface area contributed by atoms with E-state index >= 15 is 0 Å². The molecule has 0 spiro atoms. The van der Waals surface area contributed by atoms with Crippen molar-refractivity contribution in [1.82, 2.24) is 0 Å². The molecule has 0 saturated heterocycles. The highest BCUT2D eigenvalue weighted by Crippen LogP contribution is 2.31. The van der Waals surface area contributed by atoms with Crippen molar-refractivity contribution in [3.05, 3.63) is 27.7 Å². The first-order valence-corrected chi connectivity index (χ1v) is 5.30. The quantitative estimate of drug-likeness (QED) is 0.658. The Bertz CT molecular complexity index is 412. The summed E-state index contributed by atoms with van der Waals surface area (Å²) in [5, 5.41) is 2.38. The number of nitrogens with one attached hydrogen (secondary N) is 1. The number of anilines is 1. The van der Waals surface area contributed by atoms with E-state index in [1.807, 2.05) is 0 Å². The van der Waals surface area contributed by atoms with Gasteiger partial charge in [0.2, 0.25) is 5.91 Å². The smallest absolute Gasteiger partial charge is 0.221 e. The highest BCUT2D eigenvalue weighted by molar-refractivity contribution is 9.10. The normalized spacial score (nSPS) is 10.2. The standard InChI is InChI=1S/C9H7BrClF2NO/c1-4(15)14-9-5(3-11)8(13)7(12)2-6(9)10/h2H,3H2,1H3,(H,14,15). The Hall–Kier alpha value is -0.680. The fourth-order valence-corrected chi connectivity index (χ4v) is 1.87. The Morgan fingerprint density at radius 3 is 2.67 bits per heavy atom. The third kappa shape index (κ3) is 2.66. The van der Waals surface area contributed by atoms with Crippen LogP contribution in [0.4, 0.5) is 14.5 Å². The first-order chi connectivity index (χ1) is 6.97. The second-order valence-electron chi connectivity index (χ2n) is 2.82. The zero-order valence-electron chi connectivity index (χ0n) is 7.70. The minimum absolute atomic E-state index is 0.0706. The maximum Gasteiger partial charge on any atom is 0.221 e. The largest absolute Gasteiger partial charge is 0.325 e. The molecule has 1 rings (SSSR count). The minimum Gasteiger partial charge on any atom is -0.325 e. The zero-order valence-corrected chi connectivity index (χ0v) is 10.0. The fourth-order valence-electron chi connectivity index (χ4n) is 1.08. The van der Waals surface area contributed by atoms with Gasteiger partial charge in [0, 0.05) is 17.0 Å². The molecule has 0 aliphatic carbocycles. The summed E-state index contributed by atoms with van der Waals surface area (Å²) in [7, 11) is 0. The summed E-state index contributed by atoms with van der Waals surface area (Å²) < 4.78 is 26.5. The highest BCUT2D eigenvalue weighted by Gasteiger charge is 2.17. The summed E-state index contributed by atoms with van der Waals surface area (Å²) in [4.78, 5) is 10.8. The molecule has 0 atom stereocenters. The van der Waals surface area contributed by atoms with E-state index in [2.05, 4.69) is 21.2 Å². The van der Waals surface area contributed by atoms with Gasteiger partial charge in [0.25, 0.3) is 0 Å². The Kier molecular flexibility index (Phi) is 4.04. The van der Waals surface area contributed by atoms with E-state index in [4.69, 9.17) is 11.6 Å². The first-order valence-electron chi connectivity index (χ1n) is 3.97. The number of carbonyl (C=O) groups is 1. The molecule has 2 nitrogen and oxygen atoms in total. The number of hydrogen-bond donors (Lipinski definition) is 1. The van der Waals surface area contributed by atoms with Crippen molar-refractivity contribution in [2.24, 2.45) is 0 Å². The molecule has 0 heterocycles. The number of rotatable bonds is 2. The number of hydrogen-bond acceptors (Lipinski definition) is 1. The monoisotopic (exact) mass is 297 g/mol. The summed E-state index contributed by atoms with van der Waals surface area (Å²) in [6.07, 6.45) is 0. The van der Waals surface area contributed by atoms with Crippen LogP contribution in [-0.4, -0.2) is 5.91 Å². The van der Waals surface area contributed by atoms with Crippen LogP contribution in [0.15, 0.2) is 10.5 Å². The van der Waals surface area contributed by atoms with Crippen LogP contribution >= 0.6 is 27.5 Å².